The molecule has 1 N–H and O–H groups in total. The monoisotopic (exact) mass is 114 g/mol. The van der Waals surface area contributed by atoms with E-state index in [1.54, 1.807) is 0 Å². The molecule has 0 aromatic heterocycles. The van der Waals surface area contributed by atoms with Crippen molar-refractivity contribution in [3.8, 4) is 0 Å². The summed E-state index contributed by atoms with van der Waals surface area (Å²) in [6.45, 7) is 4.39. The first-order valence-corrected chi connectivity index (χ1v) is 3.43. The van der Waals surface area contributed by atoms with Crippen LogP contribution in [0.2, 0.25) is 0 Å². The van der Waals surface area contributed by atoms with E-state index < -0.39 is 0 Å². The second kappa shape index (κ2) is 2.06. The number of rotatable bonds is 2. The highest BCUT2D eigenvalue weighted by molar-refractivity contribution is 4.88. The minimum Gasteiger partial charge on any atom is -0.393 e. The van der Waals surface area contributed by atoms with Gasteiger partial charge in [0.05, 0.1) is 6.10 Å². The molecular weight excluding hydrogens is 100 g/mol. The Labute approximate surface area is 50.7 Å². The van der Waals surface area contributed by atoms with Crippen molar-refractivity contribution in [2.24, 2.45) is 11.8 Å². The first-order valence-electron chi connectivity index (χ1n) is 3.43. The molecule has 2 unspecified atom stereocenters. The molecule has 0 aromatic rings. The van der Waals surface area contributed by atoms with E-state index in [0.717, 1.165) is 12.3 Å². The van der Waals surface area contributed by atoms with Gasteiger partial charge in [-0.3, -0.25) is 0 Å². The molecule has 0 saturated heterocycles. The standard InChI is InChI=1S/C7H14O/c1-3-5(2)6-4-7(6)8/h5-8H,3-4H2,1-2H3/t5-,6?,7?/m1/s1. The van der Waals surface area contributed by atoms with Crippen LogP contribution in [-0.4, -0.2) is 11.2 Å². The molecule has 0 spiro atoms. The molecule has 3 atom stereocenters. The van der Waals surface area contributed by atoms with Gasteiger partial charge in [0, 0.05) is 0 Å². The fourth-order valence-electron chi connectivity index (χ4n) is 1.11. The van der Waals surface area contributed by atoms with E-state index >= 15 is 0 Å². The molecule has 1 aliphatic carbocycles. The molecule has 0 aliphatic heterocycles. The maximum Gasteiger partial charge on any atom is 0.0575 e. The van der Waals surface area contributed by atoms with Crippen LogP contribution < -0.4 is 0 Å². The maximum atomic E-state index is 8.93. The van der Waals surface area contributed by atoms with Crippen molar-refractivity contribution in [1.82, 2.24) is 0 Å². The fourth-order valence-corrected chi connectivity index (χ4v) is 1.11. The second-order valence-corrected chi connectivity index (χ2v) is 2.85. The van der Waals surface area contributed by atoms with Crippen LogP contribution in [0, 0.1) is 11.8 Å². The zero-order chi connectivity index (χ0) is 6.15. The lowest BCUT2D eigenvalue weighted by molar-refractivity contribution is 0.240. The highest BCUT2D eigenvalue weighted by atomic mass is 16.3. The van der Waals surface area contributed by atoms with Gasteiger partial charge in [0.25, 0.3) is 0 Å². The van der Waals surface area contributed by atoms with Crippen molar-refractivity contribution in [2.75, 3.05) is 0 Å². The number of hydrogen-bond acceptors (Lipinski definition) is 1. The Balaban J connectivity index is 2.18. The van der Waals surface area contributed by atoms with E-state index in [1.165, 1.54) is 6.42 Å². The molecule has 0 radical (unpaired) electrons. The average molecular weight is 114 g/mol. The first-order chi connectivity index (χ1) is 3.75. The highest BCUT2D eigenvalue weighted by Gasteiger charge is 2.38. The van der Waals surface area contributed by atoms with E-state index in [0.29, 0.717) is 5.92 Å². The highest BCUT2D eigenvalue weighted by Crippen LogP contribution is 2.38. The Morgan fingerprint density at radius 3 is 2.38 bits per heavy atom. The van der Waals surface area contributed by atoms with Crippen LogP contribution in [0.5, 0.6) is 0 Å². The number of aliphatic hydroxyl groups is 1. The summed E-state index contributed by atoms with van der Waals surface area (Å²) in [4.78, 5) is 0. The molecule has 0 aromatic carbocycles. The van der Waals surface area contributed by atoms with Crippen LogP contribution in [0.3, 0.4) is 0 Å². The van der Waals surface area contributed by atoms with Crippen LogP contribution in [0.15, 0.2) is 0 Å². The predicted molar refractivity (Wildman–Crippen MR) is 33.6 cm³/mol. The molecule has 1 heteroatoms. The first kappa shape index (κ1) is 6.09. The quantitative estimate of drug-likeness (QED) is 0.575. The van der Waals surface area contributed by atoms with Crippen LogP contribution >= 0.6 is 0 Å². The topological polar surface area (TPSA) is 20.2 Å². The molecule has 0 heterocycles. The molecule has 48 valence electrons. The Morgan fingerprint density at radius 2 is 2.25 bits per heavy atom. The van der Waals surface area contributed by atoms with Gasteiger partial charge in [-0.1, -0.05) is 20.3 Å². The van der Waals surface area contributed by atoms with E-state index in [1.807, 2.05) is 0 Å². The van der Waals surface area contributed by atoms with Gasteiger partial charge in [0.1, 0.15) is 0 Å². The Morgan fingerprint density at radius 1 is 1.75 bits per heavy atom. The number of hydrogen-bond donors (Lipinski definition) is 1. The van der Waals surface area contributed by atoms with Gasteiger partial charge in [-0.15, -0.1) is 0 Å². The van der Waals surface area contributed by atoms with Crippen molar-refractivity contribution in [3.05, 3.63) is 0 Å². The van der Waals surface area contributed by atoms with Crippen molar-refractivity contribution in [2.45, 2.75) is 32.8 Å². The summed E-state index contributed by atoms with van der Waals surface area (Å²) in [5, 5.41) is 8.93. The SMILES string of the molecule is CC[C@@H](C)C1CC1O. The summed E-state index contributed by atoms with van der Waals surface area (Å²) in [7, 11) is 0. The van der Waals surface area contributed by atoms with Crippen molar-refractivity contribution >= 4 is 0 Å². The lowest BCUT2D eigenvalue weighted by Gasteiger charge is -2.03. The Hall–Kier alpha value is -0.0400. The van der Waals surface area contributed by atoms with Crippen LogP contribution in [0.4, 0.5) is 0 Å². The molecule has 1 rings (SSSR count). The van der Waals surface area contributed by atoms with Gasteiger partial charge in [-0.25, -0.2) is 0 Å². The summed E-state index contributed by atoms with van der Waals surface area (Å²) >= 11 is 0. The predicted octanol–water partition coefficient (Wildman–Crippen LogP) is 1.41. The van der Waals surface area contributed by atoms with Gasteiger partial charge in [0.15, 0.2) is 0 Å². The molecule has 0 amide bonds. The zero-order valence-corrected chi connectivity index (χ0v) is 5.59. The van der Waals surface area contributed by atoms with Crippen molar-refractivity contribution in [1.29, 1.82) is 0 Å². The molecule has 1 fully saturated rings. The molecule has 8 heavy (non-hydrogen) atoms. The van der Waals surface area contributed by atoms with Gasteiger partial charge in [-0.2, -0.15) is 0 Å². The van der Waals surface area contributed by atoms with Crippen molar-refractivity contribution in [3.63, 3.8) is 0 Å². The fraction of sp³-hybridized carbons (Fsp3) is 1.00. The van der Waals surface area contributed by atoms with Crippen LogP contribution in [0.25, 0.3) is 0 Å². The van der Waals surface area contributed by atoms with Gasteiger partial charge in [-0.05, 0) is 18.3 Å². The normalized spacial score (nSPS) is 39.4. The van der Waals surface area contributed by atoms with E-state index in [4.69, 9.17) is 5.11 Å². The van der Waals surface area contributed by atoms with E-state index in [2.05, 4.69) is 13.8 Å². The second-order valence-electron chi connectivity index (χ2n) is 2.85. The van der Waals surface area contributed by atoms with Crippen LogP contribution in [0.1, 0.15) is 26.7 Å². The summed E-state index contributed by atoms with van der Waals surface area (Å²) in [5.74, 6) is 1.38. The average Bonchev–Trinajstić information content (AvgIpc) is 2.45. The minimum absolute atomic E-state index is 0.0462. The number of aliphatic hydroxyl groups excluding tert-OH is 1. The lowest BCUT2D eigenvalue weighted by atomic mass is 10.0. The summed E-state index contributed by atoms with van der Waals surface area (Å²) in [6.07, 6.45) is 2.31. The van der Waals surface area contributed by atoms with Gasteiger partial charge >= 0.3 is 0 Å². The molecule has 0 bridgehead atoms. The summed E-state index contributed by atoms with van der Waals surface area (Å²) in [6, 6.07) is 0. The third kappa shape index (κ3) is 1.03. The largest absolute Gasteiger partial charge is 0.393 e. The van der Waals surface area contributed by atoms with E-state index in [-0.39, 0.29) is 6.10 Å². The van der Waals surface area contributed by atoms with Gasteiger partial charge < -0.3 is 5.11 Å². The van der Waals surface area contributed by atoms with Crippen molar-refractivity contribution < 1.29 is 5.11 Å². The van der Waals surface area contributed by atoms with Crippen LogP contribution in [-0.2, 0) is 0 Å². The summed E-state index contributed by atoms with van der Waals surface area (Å²) < 4.78 is 0. The molecular formula is C7H14O. The smallest absolute Gasteiger partial charge is 0.0575 e. The van der Waals surface area contributed by atoms with E-state index in [9.17, 15) is 0 Å². The maximum absolute atomic E-state index is 8.93. The Kier molecular flexibility index (Phi) is 1.57. The zero-order valence-electron chi connectivity index (χ0n) is 5.59. The third-order valence-electron chi connectivity index (χ3n) is 2.18. The summed E-state index contributed by atoms with van der Waals surface area (Å²) in [5.41, 5.74) is 0. The third-order valence-corrected chi connectivity index (χ3v) is 2.18. The Bertz CT molecular complexity index is 78.5. The molecule has 1 aliphatic rings. The molecule has 1 nitrogen and oxygen atoms in total. The lowest BCUT2D eigenvalue weighted by Crippen LogP contribution is -1.98. The molecule has 1 saturated carbocycles. The minimum atomic E-state index is 0.0462. The van der Waals surface area contributed by atoms with Gasteiger partial charge in [0.2, 0.25) is 0 Å².